The number of aryl methyl sites for hydroxylation is 1. The van der Waals surface area contributed by atoms with Gasteiger partial charge in [-0.25, -0.2) is 9.78 Å². The van der Waals surface area contributed by atoms with E-state index in [4.69, 9.17) is 26.0 Å². The van der Waals surface area contributed by atoms with Crippen LogP contribution in [0.5, 0.6) is 0 Å². The molecule has 1 aromatic heterocycles. The van der Waals surface area contributed by atoms with Crippen LogP contribution in [0.25, 0.3) is 11.0 Å². The summed E-state index contributed by atoms with van der Waals surface area (Å²) in [5.74, 6) is 1.05. The summed E-state index contributed by atoms with van der Waals surface area (Å²) < 4.78 is 6.74. The van der Waals surface area contributed by atoms with Gasteiger partial charge in [-0.05, 0) is 67.6 Å². The molecule has 0 radical (unpaired) electrons. The number of carbonyl (C=O) groups is 2. The summed E-state index contributed by atoms with van der Waals surface area (Å²) in [6.45, 7) is 1.33. The maximum Gasteiger partial charge on any atom is 0.505 e. The Bertz CT molecular complexity index is 1340. The minimum Gasteiger partial charge on any atom is -0.450 e. The van der Waals surface area contributed by atoms with Crippen molar-refractivity contribution in [2.45, 2.75) is 50.1 Å². The van der Waals surface area contributed by atoms with Crippen LogP contribution in [0.3, 0.4) is 0 Å². The van der Waals surface area contributed by atoms with Crippen molar-refractivity contribution in [1.82, 2.24) is 14.5 Å². The van der Waals surface area contributed by atoms with E-state index in [-0.39, 0.29) is 24.4 Å². The average Bonchev–Trinajstić information content (AvgIpc) is 3.46. The van der Waals surface area contributed by atoms with Gasteiger partial charge >= 0.3 is 6.16 Å². The van der Waals surface area contributed by atoms with Crippen molar-refractivity contribution in [3.8, 4) is 0 Å². The van der Waals surface area contributed by atoms with E-state index in [1.807, 2.05) is 54.4 Å². The first-order valence-electron chi connectivity index (χ1n) is 12.6. The molecule has 10 nitrogen and oxygen atoms in total. The summed E-state index contributed by atoms with van der Waals surface area (Å²) in [6, 6.07) is 13.5. The van der Waals surface area contributed by atoms with Crippen LogP contribution >= 0.6 is 0 Å². The number of ether oxygens (including phenoxy) is 1. The summed E-state index contributed by atoms with van der Waals surface area (Å²) in [5, 5.41) is 19.6. The van der Waals surface area contributed by atoms with Gasteiger partial charge in [-0.2, -0.15) is 0 Å². The van der Waals surface area contributed by atoms with Crippen LogP contribution in [0.15, 0.2) is 42.5 Å². The largest absolute Gasteiger partial charge is 0.505 e. The summed E-state index contributed by atoms with van der Waals surface area (Å²) >= 11 is 0. The van der Waals surface area contributed by atoms with Gasteiger partial charge in [-0.3, -0.25) is 10.2 Å². The van der Waals surface area contributed by atoms with Gasteiger partial charge in [-0.1, -0.05) is 6.07 Å². The number of hydrogen-bond acceptors (Lipinski definition) is 6. The lowest BCUT2D eigenvalue weighted by molar-refractivity contribution is -0.135. The second-order valence-corrected chi connectivity index (χ2v) is 9.91. The fourth-order valence-electron chi connectivity index (χ4n) is 5.37. The number of imidazole rings is 1. The molecule has 0 spiro atoms. The van der Waals surface area contributed by atoms with Crippen molar-refractivity contribution in [2.75, 3.05) is 18.5 Å². The maximum atomic E-state index is 13.7. The molecule has 1 atom stereocenters. The molecule has 2 aliphatic rings. The zero-order chi connectivity index (χ0) is 26.2. The molecular formula is C27H32N6O4. The van der Waals surface area contributed by atoms with Crippen LogP contribution < -0.4 is 11.1 Å². The third kappa shape index (κ3) is 4.83. The topological polar surface area (TPSA) is 147 Å². The lowest BCUT2D eigenvalue weighted by Gasteiger charge is -2.29. The lowest BCUT2D eigenvalue weighted by atomic mass is 9.93. The number of hydrogen-bond donors (Lipinski definition) is 4. The van der Waals surface area contributed by atoms with Crippen molar-refractivity contribution in [3.63, 3.8) is 0 Å². The number of anilines is 1. The first-order valence-corrected chi connectivity index (χ1v) is 12.6. The number of aromatic nitrogens is 2. The standard InChI is InChI=1S/C27H32N6O4/c1-32-22-9-6-18(15-21(22)31-23(32)16-30-19-7-4-17(5-8-19)24(28)29)27(11-12-27)25(34)33-13-2-3-20(33)10-14-37-26(35)36/h4-9,15,20,30H,2-3,10-14,16H2,1H3,(H3,28,29)(H,35,36). The smallest absolute Gasteiger partial charge is 0.450 e. The number of amides is 1. The molecule has 2 fully saturated rings. The van der Waals surface area contributed by atoms with E-state index in [1.165, 1.54) is 0 Å². The van der Waals surface area contributed by atoms with Crippen molar-refractivity contribution in [3.05, 3.63) is 59.4 Å². The number of benzene rings is 2. The molecule has 10 heteroatoms. The zero-order valence-electron chi connectivity index (χ0n) is 20.9. The number of nitrogens with one attached hydrogen (secondary N) is 2. The molecule has 37 heavy (non-hydrogen) atoms. The summed E-state index contributed by atoms with van der Waals surface area (Å²) in [7, 11) is 1.98. The molecule has 5 N–H and O–H groups in total. The molecule has 3 aromatic rings. The third-order valence-electron chi connectivity index (χ3n) is 7.65. The Balaban J connectivity index is 1.30. The van der Waals surface area contributed by atoms with Crippen molar-refractivity contribution >= 4 is 34.6 Å². The Kier molecular flexibility index (Phi) is 6.49. The SMILES string of the molecule is Cn1c(CNc2ccc(C(=N)N)cc2)nc2cc(C3(C(=O)N4CCCC4CCOC(=O)O)CC3)ccc21. The molecule has 1 amide bonds. The molecule has 194 valence electrons. The molecule has 1 saturated heterocycles. The summed E-state index contributed by atoms with van der Waals surface area (Å²) in [5.41, 5.74) is 9.46. The van der Waals surface area contributed by atoms with Crippen LogP contribution in [-0.4, -0.2) is 56.6 Å². The molecule has 2 aromatic carbocycles. The quantitative estimate of drug-likeness (QED) is 0.198. The fourth-order valence-corrected chi connectivity index (χ4v) is 5.37. The van der Waals surface area contributed by atoms with E-state index in [2.05, 4.69) is 9.88 Å². The zero-order valence-corrected chi connectivity index (χ0v) is 20.9. The Hall–Kier alpha value is -4.08. The molecule has 5 rings (SSSR count). The van der Waals surface area contributed by atoms with E-state index in [9.17, 15) is 9.59 Å². The number of carboxylic acid groups (broad SMARTS) is 1. The molecular weight excluding hydrogens is 472 g/mol. The molecule has 1 aliphatic heterocycles. The predicted octanol–water partition coefficient (Wildman–Crippen LogP) is 3.58. The number of rotatable bonds is 9. The number of amidine groups is 1. The van der Waals surface area contributed by atoms with Crippen molar-refractivity contribution in [1.29, 1.82) is 5.41 Å². The van der Waals surface area contributed by atoms with E-state index >= 15 is 0 Å². The minimum absolute atomic E-state index is 0.0186. The van der Waals surface area contributed by atoms with Crippen LogP contribution in [-0.2, 0) is 28.5 Å². The number of carbonyl (C=O) groups excluding carboxylic acids is 1. The van der Waals surface area contributed by atoms with Crippen LogP contribution in [0, 0.1) is 5.41 Å². The highest BCUT2D eigenvalue weighted by Gasteiger charge is 2.54. The Morgan fingerprint density at radius 1 is 1.24 bits per heavy atom. The lowest BCUT2D eigenvalue weighted by Crippen LogP contribution is -2.42. The molecule has 2 heterocycles. The van der Waals surface area contributed by atoms with Gasteiger partial charge in [0.1, 0.15) is 11.7 Å². The van der Waals surface area contributed by atoms with E-state index < -0.39 is 11.6 Å². The minimum atomic E-state index is -1.28. The normalized spacial score (nSPS) is 18.1. The van der Waals surface area contributed by atoms with E-state index in [0.29, 0.717) is 25.1 Å². The summed E-state index contributed by atoms with van der Waals surface area (Å²) in [4.78, 5) is 31.2. The van der Waals surface area contributed by atoms with Crippen LogP contribution in [0.2, 0.25) is 0 Å². The molecule has 0 bridgehead atoms. The monoisotopic (exact) mass is 504 g/mol. The third-order valence-corrected chi connectivity index (χ3v) is 7.65. The highest BCUT2D eigenvalue weighted by molar-refractivity contribution is 5.95. The number of fused-ring (bicyclic) bond motifs is 1. The first kappa shape index (κ1) is 24.6. The Labute approximate surface area is 214 Å². The number of likely N-dealkylation sites (tertiary alicyclic amines) is 1. The second kappa shape index (κ2) is 9.76. The highest BCUT2D eigenvalue weighted by Crippen LogP contribution is 2.51. The fraction of sp³-hybridized carbons (Fsp3) is 0.407. The van der Waals surface area contributed by atoms with Gasteiger partial charge in [0.25, 0.3) is 0 Å². The highest BCUT2D eigenvalue weighted by atomic mass is 16.7. The number of nitrogens with zero attached hydrogens (tertiary/aromatic N) is 3. The van der Waals surface area contributed by atoms with Gasteiger partial charge < -0.3 is 30.4 Å². The van der Waals surface area contributed by atoms with Crippen molar-refractivity contribution in [2.24, 2.45) is 12.8 Å². The van der Waals surface area contributed by atoms with E-state index in [1.54, 1.807) is 0 Å². The summed E-state index contributed by atoms with van der Waals surface area (Å²) in [6.07, 6.45) is 2.66. The number of nitrogens with two attached hydrogens (primary N) is 1. The van der Waals surface area contributed by atoms with Crippen molar-refractivity contribution < 1.29 is 19.4 Å². The van der Waals surface area contributed by atoms with Gasteiger partial charge in [0, 0.05) is 37.3 Å². The second-order valence-electron chi connectivity index (χ2n) is 9.91. The van der Waals surface area contributed by atoms with E-state index in [0.717, 1.165) is 53.8 Å². The molecule has 1 unspecified atom stereocenters. The van der Waals surface area contributed by atoms with Crippen LogP contribution in [0.1, 0.15) is 49.1 Å². The van der Waals surface area contributed by atoms with Gasteiger partial charge in [-0.15, -0.1) is 0 Å². The average molecular weight is 505 g/mol. The Morgan fingerprint density at radius 2 is 2.00 bits per heavy atom. The van der Waals surface area contributed by atoms with Gasteiger partial charge in [0.05, 0.1) is 29.6 Å². The van der Waals surface area contributed by atoms with Gasteiger partial charge in [0.2, 0.25) is 5.91 Å². The molecule has 1 aliphatic carbocycles. The first-order chi connectivity index (χ1) is 17.8. The van der Waals surface area contributed by atoms with Gasteiger partial charge in [0.15, 0.2) is 0 Å². The number of nitrogen functional groups attached to an aromatic ring is 1. The van der Waals surface area contributed by atoms with Crippen LogP contribution in [0.4, 0.5) is 10.5 Å². The predicted molar refractivity (Wildman–Crippen MR) is 140 cm³/mol. The maximum absolute atomic E-state index is 13.7. The molecule has 1 saturated carbocycles. The Morgan fingerprint density at radius 3 is 2.68 bits per heavy atom.